The molecule has 10 heteroatoms. The van der Waals surface area contributed by atoms with Gasteiger partial charge in [0, 0.05) is 0 Å². The van der Waals surface area contributed by atoms with Crippen molar-refractivity contribution in [1.29, 1.82) is 0 Å². The van der Waals surface area contributed by atoms with Gasteiger partial charge in [-0.2, -0.15) is 0 Å². The van der Waals surface area contributed by atoms with Crippen molar-refractivity contribution in [2.75, 3.05) is 6.61 Å². The van der Waals surface area contributed by atoms with Crippen LogP contribution in [0.1, 0.15) is 141 Å². The molecule has 0 unspecified atom stereocenters. The third-order valence-electron chi connectivity index (χ3n) is 25.6. The van der Waals surface area contributed by atoms with Crippen molar-refractivity contribution in [3.63, 3.8) is 0 Å². The van der Waals surface area contributed by atoms with Crippen LogP contribution in [0.3, 0.4) is 0 Å². The summed E-state index contributed by atoms with van der Waals surface area (Å²) in [5.41, 5.74) is 2.95. The molecule has 0 amide bonds. The third kappa shape index (κ3) is 12.5. The van der Waals surface area contributed by atoms with Gasteiger partial charge in [0.2, 0.25) is 0 Å². The number of carbonyl (C=O) groups is 4. The highest BCUT2D eigenvalue weighted by Gasteiger charge is 2.60. The number of benzene rings is 12. The van der Waals surface area contributed by atoms with E-state index in [9.17, 15) is 0 Å². The van der Waals surface area contributed by atoms with Crippen LogP contribution in [-0.2, 0) is 28.4 Å². The average Bonchev–Trinajstić information content (AvgIpc) is 1.67. The van der Waals surface area contributed by atoms with Gasteiger partial charge in [-0.05, 0) is 269 Å². The summed E-state index contributed by atoms with van der Waals surface area (Å²) in [6, 6.07) is 70.1. The molecule has 105 heavy (non-hydrogen) atoms. The van der Waals surface area contributed by atoms with Crippen LogP contribution in [-0.4, -0.2) is 67.3 Å². The maximum atomic E-state index is 16.0. The molecule has 14 atom stereocenters. The van der Waals surface area contributed by atoms with Crippen LogP contribution in [0.25, 0.3) is 86.2 Å². The SMILES string of the molecule is CC[C@@H](C=C[C@@H](C)[C@H]1CC[C@H]2C3=CC[C@H]4C[C@@H](O[C@@H]5O[C@H](COC(=O)c6cccc7cc8ccccc8cc67)[C@@H](OC(=O)c6cccc7cc8ccccc8cc67)[C@H](OC(=O)c6cccc7cc8ccccc8cc67)[C@H]5OC(=O)c5cccc6cc7ccccc7cc56)CC[C@]4(C)[C@H]3CC[C@]12C)C(C)C. The summed E-state index contributed by atoms with van der Waals surface area (Å²) in [5, 5.41) is 13.6. The predicted molar refractivity (Wildman–Crippen MR) is 419 cm³/mol. The second-order valence-corrected chi connectivity index (χ2v) is 31.7. The summed E-state index contributed by atoms with van der Waals surface area (Å²) in [7, 11) is 0. The standard InChI is InChI=1S/C95H90O10/c1-7-58(56(2)3)37-36-57(4)82-40-41-83-77-39-38-71-54-72(42-44-94(71,5)84(77)43-45-95(82,83)6)101-93-88(105-92(99)76-35-19-31-70-49-62-23-11-15-27-66(62)53-81(70)76)87(104-91(98)75-34-18-30-69-48-61-22-10-14-26-65(61)52-80(69)75)86(103-90(97)74-33-17-29-68-47-60-21-9-13-25-64(60)51-79(68)74)85(102-93)55-100-89(96)73-32-16-28-67-46-59-20-8-12-24-63(59)50-78(67)73/h8-37,39,46-53,56-58,71-72,82-88,93H,7,38,40-45,54-55H2,1-6H3/t57-,58+,71+,72+,82-,83+,84+,85-,86-,87+,88-,93-,94+,95-/m1/s1. The largest absolute Gasteiger partial charge is 0.459 e. The monoisotopic (exact) mass is 1390 g/mol. The summed E-state index contributed by atoms with van der Waals surface area (Å²) in [6.07, 6.45) is 8.69. The van der Waals surface area contributed by atoms with E-state index in [1.807, 2.05) is 182 Å². The molecule has 10 nitrogen and oxygen atoms in total. The van der Waals surface area contributed by atoms with Crippen molar-refractivity contribution in [2.24, 2.45) is 52.3 Å². The first-order valence-corrected chi connectivity index (χ1v) is 38.2. The Morgan fingerprint density at radius 3 is 1.32 bits per heavy atom. The molecule has 12 aromatic rings. The van der Waals surface area contributed by atoms with Gasteiger partial charge in [-0.1, -0.05) is 211 Å². The first-order chi connectivity index (χ1) is 51.1. The Bertz CT molecular complexity index is 5490. The van der Waals surface area contributed by atoms with E-state index in [4.69, 9.17) is 28.4 Å². The summed E-state index contributed by atoms with van der Waals surface area (Å²) in [6.45, 7) is 14.1. The minimum absolute atomic E-state index is 0.00199. The fourth-order valence-electron chi connectivity index (χ4n) is 19.9. The number of hydrogen-bond donors (Lipinski definition) is 0. The van der Waals surface area contributed by atoms with Gasteiger partial charge >= 0.3 is 23.9 Å². The number of fused-ring (bicyclic) bond motifs is 13. The number of esters is 4. The van der Waals surface area contributed by atoms with E-state index in [1.54, 1.807) is 29.8 Å². The number of allylic oxidation sites excluding steroid dienone is 4. The van der Waals surface area contributed by atoms with Crippen molar-refractivity contribution < 1.29 is 47.6 Å². The fourth-order valence-corrected chi connectivity index (χ4v) is 19.9. The number of carbonyl (C=O) groups excluding carboxylic acids is 4. The molecule has 12 aromatic carbocycles. The molecule has 1 saturated heterocycles. The van der Waals surface area contributed by atoms with Crippen LogP contribution in [0.2, 0.25) is 0 Å². The van der Waals surface area contributed by atoms with E-state index in [-0.39, 0.29) is 33.4 Å². The van der Waals surface area contributed by atoms with Gasteiger partial charge in [0.05, 0.1) is 28.4 Å². The Balaban J connectivity index is 0.774. The zero-order valence-corrected chi connectivity index (χ0v) is 60.7. The van der Waals surface area contributed by atoms with E-state index in [2.05, 4.69) is 71.9 Å². The molecule has 1 aliphatic heterocycles. The smallest absolute Gasteiger partial charge is 0.339 e. The van der Waals surface area contributed by atoms with Crippen LogP contribution in [0.15, 0.2) is 242 Å². The Morgan fingerprint density at radius 2 is 0.867 bits per heavy atom. The Morgan fingerprint density at radius 1 is 0.457 bits per heavy atom. The summed E-state index contributed by atoms with van der Waals surface area (Å²) in [5.74, 6) is 0.658. The topological polar surface area (TPSA) is 124 Å². The lowest BCUT2D eigenvalue weighted by molar-refractivity contribution is -0.313. The first kappa shape index (κ1) is 68.1. The predicted octanol–water partition coefficient (Wildman–Crippen LogP) is 22.3. The summed E-state index contributed by atoms with van der Waals surface area (Å²) < 4.78 is 42.5. The number of rotatable bonds is 16. The maximum absolute atomic E-state index is 16.0. The highest BCUT2D eigenvalue weighted by Crippen LogP contribution is 2.67. The Hall–Kier alpha value is -10.0. The lowest BCUT2D eigenvalue weighted by Crippen LogP contribution is -2.63. The molecular weight excluding hydrogens is 1300 g/mol. The minimum Gasteiger partial charge on any atom is -0.459 e. The molecule has 17 rings (SSSR count). The second-order valence-electron chi connectivity index (χ2n) is 31.7. The van der Waals surface area contributed by atoms with Crippen molar-refractivity contribution in [1.82, 2.24) is 0 Å². The zero-order chi connectivity index (χ0) is 71.8. The van der Waals surface area contributed by atoms with E-state index in [1.165, 1.54) is 19.3 Å². The van der Waals surface area contributed by atoms with Crippen molar-refractivity contribution >= 4 is 110 Å². The van der Waals surface area contributed by atoms with Gasteiger partial charge in [-0.25, -0.2) is 19.2 Å². The first-order valence-electron chi connectivity index (χ1n) is 38.2. The van der Waals surface area contributed by atoms with Gasteiger partial charge in [0.15, 0.2) is 24.6 Å². The van der Waals surface area contributed by atoms with Crippen LogP contribution in [0.5, 0.6) is 0 Å². The molecule has 4 aliphatic carbocycles. The second kappa shape index (κ2) is 27.8. The van der Waals surface area contributed by atoms with Gasteiger partial charge in [-0.3, -0.25) is 0 Å². The van der Waals surface area contributed by atoms with Crippen molar-refractivity contribution in [3.8, 4) is 0 Å². The molecular formula is C95H90O10. The molecule has 3 saturated carbocycles. The van der Waals surface area contributed by atoms with E-state index in [0.29, 0.717) is 75.5 Å². The van der Waals surface area contributed by atoms with Crippen molar-refractivity contribution in [3.05, 3.63) is 264 Å². The third-order valence-corrected chi connectivity index (χ3v) is 25.6. The van der Waals surface area contributed by atoms with Gasteiger partial charge < -0.3 is 28.4 Å². The maximum Gasteiger partial charge on any atom is 0.339 e. The minimum atomic E-state index is -1.65. The normalized spacial score (nSPS) is 25.8. The molecule has 4 fully saturated rings. The molecule has 5 aliphatic rings. The Kier molecular flexibility index (Phi) is 18.0. The lowest BCUT2D eigenvalue weighted by atomic mass is 9.47. The molecule has 530 valence electrons. The number of hydrogen-bond acceptors (Lipinski definition) is 10. The number of ether oxygens (including phenoxy) is 6. The molecule has 1 heterocycles. The van der Waals surface area contributed by atoms with Crippen LogP contribution >= 0.6 is 0 Å². The molecule has 0 N–H and O–H groups in total. The van der Waals surface area contributed by atoms with Crippen molar-refractivity contribution in [2.45, 2.75) is 136 Å². The lowest BCUT2D eigenvalue weighted by Gasteiger charge is -2.58. The molecule has 0 bridgehead atoms. The summed E-state index contributed by atoms with van der Waals surface area (Å²) in [4.78, 5) is 62.9. The molecule has 0 spiro atoms. The zero-order valence-electron chi connectivity index (χ0n) is 60.7. The van der Waals surface area contributed by atoms with Crippen LogP contribution < -0.4 is 0 Å². The Labute approximate surface area is 613 Å². The summed E-state index contributed by atoms with van der Waals surface area (Å²) >= 11 is 0. The average molecular weight is 1390 g/mol. The highest BCUT2D eigenvalue weighted by atomic mass is 16.7. The van der Waals surface area contributed by atoms with Gasteiger partial charge in [0.25, 0.3) is 0 Å². The fraction of sp³-hybridized carbons (Fsp3) is 0.326. The molecule has 0 aromatic heterocycles. The quantitative estimate of drug-likeness (QED) is 0.0400. The van der Waals surface area contributed by atoms with Gasteiger partial charge in [-0.15, -0.1) is 0 Å². The van der Waals surface area contributed by atoms with Crippen LogP contribution in [0, 0.1) is 52.3 Å². The van der Waals surface area contributed by atoms with Crippen LogP contribution in [0.4, 0.5) is 0 Å². The van der Waals surface area contributed by atoms with Gasteiger partial charge in [0.1, 0.15) is 12.7 Å². The van der Waals surface area contributed by atoms with E-state index < -0.39 is 67.3 Å². The highest BCUT2D eigenvalue weighted by molar-refractivity contribution is 6.12. The van der Waals surface area contributed by atoms with E-state index in [0.717, 1.165) is 90.3 Å². The van der Waals surface area contributed by atoms with E-state index >= 15 is 19.2 Å². The molecule has 0 radical (unpaired) electrons.